The van der Waals surface area contributed by atoms with Gasteiger partial charge in [-0.25, -0.2) is 9.18 Å². The molecule has 0 amide bonds. The lowest BCUT2D eigenvalue weighted by Gasteiger charge is -2.13. The molecule has 0 unspecified atom stereocenters. The van der Waals surface area contributed by atoms with Crippen molar-refractivity contribution in [1.29, 1.82) is 0 Å². The summed E-state index contributed by atoms with van der Waals surface area (Å²) in [6.45, 7) is 2.16. The molecule has 0 atom stereocenters. The fraction of sp³-hybridized carbons (Fsp3) is 0.176. The number of thiocarbonyl (C=S) groups is 1. The van der Waals surface area contributed by atoms with Crippen LogP contribution in [0.1, 0.15) is 21.5 Å². The zero-order valence-electron chi connectivity index (χ0n) is 12.9. The second-order valence-electron chi connectivity index (χ2n) is 4.92. The summed E-state index contributed by atoms with van der Waals surface area (Å²) in [5.74, 6) is -0.704. The summed E-state index contributed by atoms with van der Waals surface area (Å²) in [7, 11) is 1.33. The molecule has 2 aromatic rings. The number of hydrogen-bond donors (Lipinski definition) is 2. The molecule has 0 heterocycles. The SMILES string of the molecule is COC(=O)c1ccc(C)c(NC(=S)NCc2ccccc2F)c1. The topological polar surface area (TPSA) is 50.4 Å². The summed E-state index contributed by atoms with van der Waals surface area (Å²) in [6, 6.07) is 11.6. The average Bonchev–Trinajstić information content (AvgIpc) is 2.55. The Morgan fingerprint density at radius 2 is 2.00 bits per heavy atom. The maximum atomic E-state index is 13.6. The van der Waals surface area contributed by atoms with Gasteiger partial charge >= 0.3 is 5.97 Å². The second-order valence-corrected chi connectivity index (χ2v) is 5.33. The Balaban J connectivity index is 2.02. The van der Waals surface area contributed by atoms with Crippen LogP contribution in [-0.2, 0) is 11.3 Å². The van der Waals surface area contributed by atoms with Crippen LogP contribution in [-0.4, -0.2) is 18.2 Å². The van der Waals surface area contributed by atoms with Crippen molar-refractivity contribution in [3.05, 3.63) is 65.0 Å². The Kier molecular flexibility index (Phi) is 5.65. The van der Waals surface area contributed by atoms with E-state index in [-0.39, 0.29) is 12.4 Å². The van der Waals surface area contributed by atoms with E-state index in [1.807, 2.05) is 6.92 Å². The molecule has 0 radical (unpaired) electrons. The summed E-state index contributed by atoms with van der Waals surface area (Å²) in [4.78, 5) is 11.6. The largest absolute Gasteiger partial charge is 0.465 e. The molecule has 23 heavy (non-hydrogen) atoms. The van der Waals surface area contributed by atoms with Gasteiger partial charge < -0.3 is 15.4 Å². The van der Waals surface area contributed by atoms with Crippen molar-refractivity contribution in [2.24, 2.45) is 0 Å². The van der Waals surface area contributed by atoms with Crippen LogP contribution in [0, 0.1) is 12.7 Å². The van der Waals surface area contributed by atoms with Crippen LogP contribution in [0.4, 0.5) is 10.1 Å². The first kappa shape index (κ1) is 16.9. The molecule has 0 fully saturated rings. The van der Waals surface area contributed by atoms with Crippen molar-refractivity contribution in [2.45, 2.75) is 13.5 Å². The Bertz CT molecular complexity index is 734. The number of nitrogens with one attached hydrogen (secondary N) is 2. The second kappa shape index (κ2) is 7.69. The van der Waals surface area contributed by atoms with E-state index < -0.39 is 5.97 Å². The number of benzene rings is 2. The number of halogens is 1. The van der Waals surface area contributed by atoms with E-state index in [1.165, 1.54) is 13.2 Å². The first-order chi connectivity index (χ1) is 11.0. The zero-order valence-corrected chi connectivity index (χ0v) is 13.7. The van der Waals surface area contributed by atoms with Crippen molar-refractivity contribution in [1.82, 2.24) is 5.32 Å². The minimum absolute atomic E-state index is 0.272. The minimum Gasteiger partial charge on any atom is -0.465 e. The van der Waals surface area contributed by atoms with Gasteiger partial charge in [0.25, 0.3) is 0 Å². The number of rotatable bonds is 4. The fourth-order valence-electron chi connectivity index (χ4n) is 1.99. The molecule has 2 aromatic carbocycles. The van der Waals surface area contributed by atoms with Gasteiger partial charge in [0.05, 0.1) is 12.7 Å². The van der Waals surface area contributed by atoms with E-state index >= 15 is 0 Å². The molecule has 0 bridgehead atoms. The standard InChI is InChI=1S/C17H17FN2O2S/c1-11-7-8-12(16(21)22-2)9-15(11)20-17(23)19-10-13-5-3-4-6-14(13)18/h3-9H,10H2,1-2H3,(H2,19,20,23). The summed E-state index contributed by atoms with van der Waals surface area (Å²) < 4.78 is 18.3. The van der Waals surface area contributed by atoms with Crippen molar-refractivity contribution in [2.75, 3.05) is 12.4 Å². The molecular formula is C17H17FN2O2S. The molecule has 4 nitrogen and oxygen atoms in total. The summed E-state index contributed by atoms with van der Waals surface area (Å²) in [5, 5.41) is 6.30. The highest BCUT2D eigenvalue weighted by molar-refractivity contribution is 7.80. The smallest absolute Gasteiger partial charge is 0.337 e. The van der Waals surface area contributed by atoms with Gasteiger partial charge in [0.15, 0.2) is 5.11 Å². The van der Waals surface area contributed by atoms with Gasteiger partial charge in [0.1, 0.15) is 5.82 Å². The van der Waals surface area contributed by atoms with Crippen molar-refractivity contribution in [3.8, 4) is 0 Å². The Labute approximate surface area is 139 Å². The molecule has 0 aliphatic carbocycles. The number of esters is 1. The van der Waals surface area contributed by atoms with Crippen LogP contribution in [0.15, 0.2) is 42.5 Å². The molecule has 0 saturated carbocycles. The highest BCUT2D eigenvalue weighted by atomic mass is 32.1. The van der Waals surface area contributed by atoms with Crippen LogP contribution in [0.5, 0.6) is 0 Å². The molecule has 6 heteroatoms. The van der Waals surface area contributed by atoms with Crippen molar-refractivity contribution < 1.29 is 13.9 Å². The summed E-state index contributed by atoms with van der Waals surface area (Å²) in [5.41, 5.74) is 2.57. The predicted molar refractivity (Wildman–Crippen MR) is 92.0 cm³/mol. The highest BCUT2D eigenvalue weighted by Gasteiger charge is 2.09. The first-order valence-electron chi connectivity index (χ1n) is 6.98. The average molecular weight is 332 g/mol. The lowest BCUT2D eigenvalue weighted by molar-refractivity contribution is 0.0601. The number of ether oxygens (including phenoxy) is 1. The molecule has 0 aliphatic rings. The normalized spacial score (nSPS) is 10.0. The van der Waals surface area contributed by atoms with E-state index in [4.69, 9.17) is 17.0 Å². The van der Waals surface area contributed by atoms with E-state index in [0.29, 0.717) is 21.9 Å². The van der Waals surface area contributed by atoms with E-state index in [2.05, 4.69) is 10.6 Å². The van der Waals surface area contributed by atoms with Gasteiger partial charge in [-0.05, 0) is 42.9 Å². The third-order valence-electron chi connectivity index (χ3n) is 3.30. The third-order valence-corrected chi connectivity index (χ3v) is 3.55. The first-order valence-corrected chi connectivity index (χ1v) is 7.39. The van der Waals surface area contributed by atoms with Gasteiger partial charge in [0.2, 0.25) is 0 Å². The Morgan fingerprint density at radius 1 is 1.26 bits per heavy atom. The maximum absolute atomic E-state index is 13.6. The Morgan fingerprint density at radius 3 is 2.70 bits per heavy atom. The molecular weight excluding hydrogens is 315 g/mol. The Hall–Kier alpha value is -2.47. The van der Waals surface area contributed by atoms with Crippen molar-refractivity contribution in [3.63, 3.8) is 0 Å². The van der Waals surface area contributed by atoms with Gasteiger partial charge in [-0.15, -0.1) is 0 Å². The lowest BCUT2D eigenvalue weighted by Crippen LogP contribution is -2.28. The molecule has 0 aromatic heterocycles. The fourth-order valence-corrected chi connectivity index (χ4v) is 2.17. The predicted octanol–water partition coefficient (Wildman–Crippen LogP) is 3.41. The molecule has 0 aliphatic heterocycles. The molecule has 2 N–H and O–H groups in total. The number of carbonyl (C=O) groups is 1. The monoisotopic (exact) mass is 332 g/mol. The van der Waals surface area contributed by atoms with Gasteiger partial charge in [-0.2, -0.15) is 0 Å². The van der Waals surface area contributed by atoms with Crippen LogP contribution in [0.25, 0.3) is 0 Å². The van der Waals surface area contributed by atoms with Crippen LogP contribution in [0.3, 0.4) is 0 Å². The quantitative estimate of drug-likeness (QED) is 0.664. The van der Waals surface area contributed by atoms with Crippen LogP contribution < -0.4 is 10.6 Å². The van der Waals surface area contributed by atoms with Crippen LogP contribution in [0.2, 0.25) is 0 Å². The number of aryl methyl sites for hydroxylation is 1. The minimum atomic E-state index is -0.418. The molecule has 2 rings (SSSR count). The van der Waals surface area contributed by atoms with Crippen molar-refractivity contribution >= 4 is 29.0 Å². The molecule has 0 saturated heterocycles. The van der Waals surface area contributed by atoms with Gasteiger partial charge in [-0.3, -0.25) is 0 Å². The summed E-state index contributed by atoms with van der Waals surface area (Å²) in [6.07, 6.45) is 0. The van der Waals surface area contributed by atoms with E-state index in [9.17, 15) is 9.18 Å². The van der Waals surface area contributed by atoms with Gasteiger partial charge in [-0.1, -0.05) is 24.3 Å². The third kappa shape index (κ3) is 4.50. The lowest BCUT2D eigenvalue weighted by atomic mass is 10.1. The maximum Gasteiger partial charge on any atom is 0.337 e. The summed E-state index contributed by atoms with van der Waals surface area (Å²) >= 11 is 5.21. The number of carbonyl (C=O) groups excluding carboxylic acids is 1. The van der Waals surface area contributed by atoms with Gasteiger partial charge in [0, 0.05) is 17.8 Å². The van der Waals surface area contributed by atoms with Crippen LogP contribution >= 0.6 is 12.2 Å². The number of anilines is 1. The number of hydrogen-bond acceptors (Lipinski definition) is 3. The highest BCUT2D eigenvalue weighted by Crippen LogP contribution is 2.17. The van der Waals surface area contributed by atoms with E-state index in [1.54, 1.807) is 36.4 Å². The zero-order chi connectivity index (χ0) is 16.8. The molecule has 0 spiro atoms. The number of methoxy groups -OCH3 is 1. The molecule has 120 valence electrons. The van der Waals surface area contributed by atoms with E-state index in [0.717, 1.165) is 5.56 Å².